The molecular formula is C24H27Cl2FeN3O3S. The summed E-state index contributed by atoms with van der Waals surface area (Å²) in [5, 5.41) is 0. The summed E-state index contributed by atoms with van der Waals surface area (Å²) < 4.78 is 35.4. The number of benzene rings is 2. The molecule has 0 unspecified atom stereocenters. The van der Waals surface area contributed by atoms with Gasteiger partial charge in [0, 0.05) is 7.05 Å². The van der Waals surface area contributed by atoms with Crippen LogP contribution in [0.1, 0.15) is 41.9 Å². The van der Waals surface area contributed by atoms with Gasteiger partial charge in [-0.05, 0) is 70.0 Å². The third-order valence-electron chi connectivity index (χ3n) is 4.97. The van der Waals surface area contributed by atoms with Crippen LogP contribution in [-0.4, -0.2) is 24.4 Å². The number of aryl methyl sites for hydroxylation is 3. The first-order valence-corrected chi connectivity index (χ1v) is 14.6. The van der Waals surface area contributed by atoms with Crippen LogP contribution in [0.25, 0.3) is 0 Å². The number of nitrogens with zero attached hydrogens (tertiary/aromatic N) is 3. The Morgan fingerprint density at radius 3 is 1.94 bits per heavy atom. The molecule has 3 rings (SSSR count). The summed E-state index contributed by atoms with van der Waals surface area (Å²) >= 11 is 0.194. The molecule has 0 saturated heterocycles. The maximum absolute atomic E-state index is 12.3. The van der Waals surface area contributed by atoms with E-state index in [0.29, 0.717) is 11.4 Å². The molecule has 0 fully saturated rings. The van der Waals surface area contributed by atoms with Gasteiger partial charge in [0.05, 0.1) is 28.5 Å². The second kappa shape index (κ2) is 12.6. The van der Waals surface area contributed by atoms with Crippen molar-refractivity contribution < 1.29 is 25.7 Å². The second-order valence-electron chi connectivity index (χ2n) is 7.66. The van der Waals surface area contributed by atoms with Gasteiger partial charge in [-0.15, -0.1) is 4.40 Å². The van der Waals surface area contributed by atoms with Gasteiger partial charge in [0.15, 0.2) is 0 Å². The molecular weight excluding hydrogens is 537 g/mol. The first-order valence-electron chi connectivity index (χ1n) is 10.2. The summed E-state index contributed by atoms with van der Waals surface area (Å²) in [5.41, 5.74) is 7.11. The van der Waals surface area contributed by atoms with Crippen molar-refractivity contribution >= 4 is 47.6 Å². The molecule has 3 aromatic rings. The zero-order valence-electron chi connectivity index (χ0n) is 19.8. The van der Waals surface area contributed by atoms with Gasteiger partial charge in [-0.25, -0.2) is 0 Å². The number of para-hydroxylation sites is 1. The van der Waals surface area contributed by atoms with Crippen LogP contribution in [0.4, 0.5) is 5.69 Å². The quantitative estimate of drug-likeness (QED) is 0.250. The van der Waals surface area contributed by atoms with E-state index in [0.717, 1.165) is 28.2 Å². The number of rotatable bonds is 6. The van der Waals surface area contributed by atoms with Gasteiger partial charge in [-0.1, -0.05) is 35.9 Å². The average Bonchev–Trinajstić information content (AvgIpc) is 3.12. The van der Waals surface area contributed by atoms with E-state index >= 15 is 0 Å². The van der Waals surface area contributed by atoms with E-state index in [4.69, 9.17) is 29.4 Å². The number of halogens is 2. The molecule has 1 heterocycles. The molecule has 0 atom stereocenters. The predicted molar refractivity (Wildman–Crippen MR) is 138 cm³/mol. The normalized spacial score (nSPS) is 12.4. The fraction of sp³-hybridized carbons (Fsp3) is 0.250. The van der Waals surface area contributed by atoms with E-state index < -0.39 is 10.3 Å². The zero-order valence-corrected chi connectivity index (χ0v) is 23.2. The molecule has 0 bridgehead atoms. The van der Waals surface area contributed by atoms with E-state index in [2.05, 4.69) is 37.3 Å². The molecule has 0 saturated carbocycles. The second-order valence-corrected chi connectivity index (χ2v) is 10.7. The summed E-state index contributed by atoms with van der Waals surface area (Å²) in [5.74, 6) is 0.221. The van der Waals surface area contributed by atoms with Crippen LogP contribution in [0.5, 0.6) is 5.75 Å². The van der Waals surface area contributed by atoms with Crippen LogP contribution in [0.15, 0.2) is 64.0 Å². The molecule has 184 valence electrons. The van der Waals surface area contributed by atoms with Crippen molar-refractivity contribution in [3.05, 3.63) is 82.7 Å². The van der Waals surface area contributed by atoms with E-state index in [1.54, 1.807) is 37.3 Å². The van der Waals surface area contributed by atoms with Crippen LogP contribution in [0.2, 0.25) is 0 Å². The first-order chi connectivity index (χ1) is 16.0. The third-order valence-corrected chi connectivity index (χ3v) is 5.87. The Morgan fingerprint density at radius 2 is 1.41 bits per heavy atom. The van der Waals surface area contributed by atoms with Crippen molar-refractivity contribution in [2.24, 2.45) is 16.4 Å². The summed E-state index contributed by atoms with van der Waals surface area (Å²) in [6.45, 7) is 9.76. The Morgan fingerprint density at radius 1 is 0.912 bits per heavy atom. The van der Waals surface area contributed by atoms with Crippen molar-refractivity contribution in [2.45, 2.75) is 34.6 Å². The van der Waals surface area contributed by atoms with E-state index in [-0.39, 0.29) is 18.9 Å². The molecule has 6 nitrogen and oxygen atoms in total. The number of aliphatic imine (C=N–C) groups is 1. The van der Waals surface area contributed by atoms with Gasteiger partial charge in [0.2, 0.25) is 0 Å². The van der Waals surface area contributed by atoms with Gasteiger partial charge in [-0.2, -0.15) is 8.42 Å². The molecule has 0 aliphatic heterocycles. The Bertz CT molecular complexity index is 1280. The summed E-state index contributed by atoms with van der Waals surface area (Å²) in [6, 6.07) is 16.3. The molecule has 2 aromatic carbocycles. The van der Waals surface area contributed by atoms with E-state index in [9.17, 15) is 8.42 Å². The Labute approximate surface area is 216 Å². The summed E-state index contributed by atoms with van der Waals surface area (Å²) in [4.78, 5) is 4.85. The fourth-order valence-electron chi connectivity index (χ4n) is 3.64. The zero-order chi connectivity index (χ0) is 25.5. The topological polar surface area (TPSA) is 73.0 Å². The molecule has 0 amide bonds. The van der Waals surface area contributed by atoms with Crippen molar-refractivity contribution in [2.75, 3.05) is 0 Å². The van der Waals surface area contributed by atoms with Gasteiger partial charge < -0.3 is 8.75 Å². The molecule has 0 radical (unpaired) electrons. The molecule has 10 heteroatoms. The fourth-order valence-corrected chi connectivity index (χ4v) is 4.46. The van der Waals surface area contributed by atoms with Crippen molar-refractivity contribution in [1.82, 2.24) is 4.57 Å². The van der Waals surface area contributed by atoms with Crippen molar-refractivity contribution in [1.29, 1.82) is 0 Å². The monoisotopic (exact) mass is 563 g/mol. The first kappa shape index (κ1) is 28.1. The SMILES string of the molecule is CC(=Nc1c(C)cc(C)cc1C)c1ccc(/C(C)=N/S(=O)(=O)Oc2ccccc2)n1C.[Cl][Fe][Cl]. The molecule has 0 aliphatic rings. The third kappa shape index (κ3) is 7.72. The molecule has 0 aliphatic carbocycles. The Hall–Kier alpha value is -2.09. The van der Waals surface area contributed by atoms with Gasteiger partial charge in [-0.3, -0.25) is 4.99 Å². The standard InChI is InChI=1S/C24H27N3O3S.2ClH.Fe/c1-16-14-17(2)24(18(3)15-16)25-19(4)22-12-13-23(27(22)6)20(5)26-31(28,29)30-21-10-8-7-9-11-21;;;/h7-15H,1-6H3;2*1H;/q;;;+2/p-2/b25-19?,26-20+;;;. The van der Waals surface area contributed by atoms with E-state index in [1.807, 2.05) is 30.7 Å². The van der Waals surface area contributed by atoms with Crippen LogP contribution in [0.3, 0.4) is 0 Å². The predicted octanol–water partition coefficient (Wildman–Crippen LogP) is 6.60. The Kier molecular flexibility index (Phi) is 10.4. The minimum absolute atomic E-state index is 0.194. The van der Waals surface area contributed by atoms with Gasteiger partial charge >= 0.3 is 43.6 Å². The molecule has 0 N–H and O–H groups in total. The molecule has 34 heavy (non-hydrogen) atoms. The number of hydrogen-bond donors (Lipinski definition) is 0. The maximum atomic E-state index is 12.3. The Balaban J connectivity index is 0.00000129. The summed E-state index contributed by atoms with van der Waals surface area (Å²) in [6.07, 6.45) is 0. The average molecular weight is 564 g/mol. The summed E-state index contributed by atoms with van der Waals surface area (Å²) in [7, 11) is 7.26. The minimum atomic E-state index is -4.13. The van der Waals surface area contributed by atoms with Crippen LogP contribution in [0, 0.1) is 20.8 Å². The van der Waals surface area contributed by atoms with Crippen LogP contribution < -0.4 is 4.18 Å². The van der Waals surface area contributed by atoms with Crippen molar-refractivity contribution in [3.63, 3.8) is 0 Å². The number of aromatic nitrogens is 1. The molecule has 0 spiro atoms. The number of hydrogen-bond acceptors (Lipinski definition) is 4. The van der Waals surface area contributed by atoms with Gasteiger partial charge in [0.25, 0.3) is 0 Å². The molecule has 1 aromatic heterocycles. The van der Waals surface area contributed by atoms with Gasteiger partial charge in [0.1, 0.15) is 5.75 Å². The van der Waals surface area contributed by atoms with E-state index in [1.165, 1.54) is 5.56 Å². The van der Waals surface area contributed by atoms with Crippen LogP contribution >= 0.6 is 20.2 Å². The van der Waals surface area contributed by atoms with Crippen LogP contribution in [-0.2, 0) is 30.5 Å². The van der Waals surface area contributed by atoms with Crippen molar-refractivity contribution in [3.8, 4) is 5.75 Å².